The van der Waals surface area contributed by atoms with E-state index in [4.69, 9.17) is 11.1 Å². The average molecular weight is 397 g/mol. The summed E-state index contributed by atoms with van der Waals surface area (Å²) < 4.78 is 0. The molecule has 0 N–H and O–H groups in total. The highest BCUT2D eigenvalue weighted by atomic mass is 35.6. The van der Waals surface area contributed by atoms with Crippen LogP contribution in [-0.2, 0) is 0 Å². The fourth-order valence-corrected chi connectivity index (χ4v) is 14.5. The molecule has 0 heterocycles. The summed E-state index contributed by atoms with van der Waals surface area (Å²) in [6, 6.07) is 0. The van der Waals surface area contributed by atoms with Crippen molar-refractivity contribution in [2.24, 2.45) is 0 Å². The maximum Gasteiger partial charge on any atom is 0.165 e. The molecule has 0 aromatic carbocycles. The highest BCUT2D eigenvalue weighted by Gasteiger charge is 2.50. The molecule has 0 aromatic heterocycles. The molecule has 0 amide bonds. The molecule has 0 aromatic rings. The largest absolute Gasteiger partial charge is 0.166 e. The number of hydrogen-bond donors (Lipinski definition) is 0. The van der Waals surface area contributed by atoms with Gasteiger partial charge < -0.3 is 0 Å². The smallest absolute Gasteiger partial charge is 0.165 e. The van der Waals surface area contributed by atoms with Crippen molar-refractivity contribution < 1.29 is 0 Å². The van der Waals surface area contributed by atoms with Crippen molar-refractivity contribution in [3.8, 4) is 0 Å². The number of halogens is 1. The van der Waals surface area contributed by atoms with Crippen molar-refractivity contribution in [3.05, 3.63) is 0 Å². The van der Waals surface area contributed by atoms with Gasteiger partial charge in [0.2, 0.25) is 0 Å². The van der Waals surface area contributed by atoms with E-state index < -0.39 is 7.38 Å². The van der Waals surface area contributed by atoms with Crippen molar-refractivity contribution in [3.63, 3.8) is 0 Å². The number of hydrogen-bond acceptors (Lipinski definition) is 0. The second-order valence-electron chi connectivity index (χ2n) is 9.95. The van der Waals surface area contributed by atoms with Crippen molar-refractivity contribution in [2.75, 3.05) is 0 Å². The van der Waals surface area contributed by atoms with E-state index in [0.29, 0.717) is 0 Å². The molecule has 0 spiro atoms. The molecule has 0 unspecified atom stereocenters. The van der Waals surface area contributed by atoms with Crippen LogP contribution in [0.4, 0.5) is 0 Å². The van der Waals surface area contributed by atoms with Gasteiger partial charge in [0.25, 0.3) is 0 Å². The first-order valence-corrected chi connectivity index (χ1v) is 15.7. The minimum absolute atomic E-state index is 0.943. The van der Waals surface area contributed by atoms with E-state index >= 15 is 0 Å². The van der Waals surface area contributed by atoms with Gasteiger partial charge in [0, 0.05) is 0 Å². The lowest BCUT2D eigenvalue weighted by atomic mass is 9.99. The molecule has 26 heavy (non-hydrogen) atoms. The van der Waals surface area contributed by atoms with Crippen LogP contribution >= 0.6 is 11.1 Å². The van der Waals surface area contributed by atoms with Crippen LogP contribution in [0.3, 0.4) is 0 Å². The fourth-order valence-electron chi connectivity index (χ4n) is 6.70. The van der Waals surface area contributed by atoms with Crippen LogP contribution in [0.15, 0.2) is 0 Å². The monoisotopic (exact) mass is 396 g/mol. The summed E-state index contributed by atoms with van der Waals surface area (Å²) in [5, 5.41) is 0. The standard InChI is InChI=1S/C24H45ClSi/c25-26(22-16-10-4-1-5-11-17-22,23-18-12-6-2-7-13-19-23)24-20-14-8-3-9-15-21-24/h22-24H,1-21H2. The van der Waals surface area contributed by atoms with Crippen molar-refractivity contribution >= 4 is 18.5 Å². The Hall–Kier alpha value is 0.507. The molecule has 152 valence electrons. The predicted molar refractivity (Wildman–Crippen MR) is 120 cm³/mol. The zero-order valence-electron chi connectivity index (χ0n) is 17.5. The molecule has 0 bridgehead atoms. The molecule has 3 fully saturated rings. The van der Waals surface area contributed by atoms with Gasteiger partial charge in [-0.15, -0.1) is 0 Å². The zero-order chi connectivity index (χ0) is 18.1. The van der Waals surface area contributed by atoms with E-state index in [0.717, 1.165) is 16.6 Å². The lowest BCUT2D eigenvalue weighted by Gasteiger charge is -2.47. The Kier molecular flexibility index (Phi) is 9.38. The van der Waals surface area contributed by atoms with E-state index in [1.165, 1.54) is 135 Å². The van der Waals surface area contributed by atoms with Gasteiger partial charge in [-0.25, -0.2) is 0 Å². The van der Waals surface area contributed by atoms with E-state index in [-0.39, 0.29) is 0 Å². The highest BCUT2D eigenvalue weighted by molar-refractivity contribution is 7.22. The maximum absolute atomic E-state index is 8.09. The first kappa shape index (κ1) is 21.2. The van der Waals surface area contributed by atoms with Gasteiger partial charge in [0.05, 0.1) is 0 Å². The minimum Gasteiger partial charge on any atom is -0.166 e. The molecule has 0 saturated heterocycles. The van der Waals surface area contributed by atoms with Crippen molar-refractivity contribution in [2.45, 2.75) is 151 Å². The molecule has 0 atom stereocenters. The molecule has 0 nitrogen and oxygen atoms in total. The Morgan fingerprint density at radius 2 is 0.538 bits per heavy atom. The van der Waals surface area contributed by atoms with E-state index in [1.807, 2.05) is 0 Å². The minimum atomic E-state index is -1.74. The Balaban J connectivity index is 1.81. The predicted octanol–water partition coefficient (Wildman–Crippen LogP) is 9.51. The molecular weight excluding hydrogens is 352 g/mol. The normalized spacial score (nSPS) is 27.6. The second kappa shape index (κ2) is 11.5. The van der Waals surface area contributed by atoms with Gasteiger partial charge in [-0.2, -0.15) is 11.1 Å². The summed E-state index contributed by atoms with van der Waals surface area (Å²) in [5.41, 5.74) is 2.83. The van der Waals surface area contributed by atoms with Crippen LogP contribution in [0.2, 0.25) is 16.6 Å². The van der Waals surface area contributed by atoms with Gasteiger partial charge in [-0.3, -0.25) is 0 Å². The fraction of sp³-hybridized carbons (Fsp3) is 1.00. The quantitative estimate of drug-likeness (QED) is 0.329. The maximum atomic E-state index is 8.09. The van der Waals surface area contributed by atoms with E-state index in [9.17, 15) is 0 Å². The van der Waals surface area contributed by atoms with Gasteiger partial charge in [0.15, 0.2) is 7.38 Å². The molecule has 0 radical (unpaired) electrons. The van der Waals surface area contributed by atoms with E-state index in [2.05, 4.69) is 0 Å². The third-order valence-electron chi connectivity index (χ3n) is 8.19. The lowest BCUT2D eigenvalue weighted by Crippen LogP contribution is -2.45. The number of rotatable bonds is 3. The molecule has 3 aliphatic carbocycles. The Bertz CT molecular complexity index is 303. The topological polar surface area (TPSA) is 0 Å². The van der Waals surface area contributed by atoms with E-state index in [1.54, 1.807) is 0 Å². The van der Waals surface area contributed by atoms with Crippen LogP contribution in [0, 0.1) is 0 Å². The Labute approximate surface area is 170 Å². The summed E-state index contributed by atoms with van der Waals surface area (Å²) in [7, 11) is -1.74. The summed E-state index contributed by atoms with van der Waals surface area (Å²) in [4.78, 5) is 0. The first-order valence-electron chi connectivity index (χ1n) is 12.5. The molecule has 3 rings (SSSR count). The van der Waals surface area contributed by atoms with Crippen LogP contribution < -0.4 is 0 Å². The van der Waals surface area contributed by atoms with Crippen molar-refractivity contribution in [1.82, 2.24) is 0 Å². The zero-order valence-corrected chi connectivity index (χ0v) is 19.2. The molecule has 3 saturated carbocycles. The first-order chi connectivity index (χ1) is 12.8. The molecule has 0 aliphatic heterocycles. The summed E-state index contributed by atoms with van der Waals surface area (Å²) in [6.45, 7) is 0. The summed E-state index contributed by atoms with van der Waals surface area (Å²) in [5.74, 6) is 0. The molecule has 2 heteroatoms. The van der Waals surface area contributed by atoms with Gasteiger partial charge in [0.1, 0.15) is 0 Å². The van der Waals surface area contributed by atoms with Crippen LogP contribution in [0.5, 0.6) is 0 Å². The van der Waals surface area contributed by atoms with Gasteiger partial charge >= 0.3 is 0 Å². The third kappa shape index (κ3) is 5.76. The Morgan fingerprint density at radius 1 is 0.346 bits per heavy atom. The molecule has 3 aliphatic rings. The third-order valence-corrected chi connectivity index (χ3v) is 16.5. The van der Waals surface area contributed by atoms with Crippen LogP contribution in [0.1, 0.15) is 135 Å². The van der Waals surface area contributed by atoms with Gasteiger partial charge in [-0.1, -0.05) is 135 Å². The summed E-state index contributed by atoms with van der Waals surface area (Å²) >= 11 is 8.09. The SMILES string of the molecule is Cl[Si](C1CCCCCCC1)(C1CCCCCCC1)C1CCCCCCC1. The van der Waals surface area contributed by atoms with Crippen molar-refractivity contribution in [1.29, 1.82) is 0 Å². The van der Waals surface area contributed by atoms with Crippen LogP contribution in [0.25, 0.3) is 0 Å². The molecular formula is C24H45ClSi. The summed E-state index contributed by atoms with van der Waals surface area (Å²) in [6.07, 6.45) is 31.1. The highest BCUT2D eigenvalue weighted by Crippen LogP contribution is 2.57. The van der Waals surface area contributed by atoms with Gasteiger partial charge in [-0.05, 0) is 16.6 Å². The second-order valence-corrected chi connectivity index (χ2v) is 16.0. The average Bonchev–Trinajstić information content (AvgIpc) is 2.53. The van der Waals surface area contributed by atoms with Crippen LogP contribution in [-0.4, -0.2) is 7.38 Å². The Morgan fingerprint density at radius 3 is 0.769 bits per heavy atom. The lowest BCUT2D eigenvalue weighted by molar-refractivity contribution is 0.439.